The van der Waals surface area contributed by atoms with E-state index < -0.39 is 0 Å². The van der Waals surface area contributed by atoms with Crippen molar-refractivity contribution < 1.29 is 4.74 Å². The van der Waals surface area contributed by atoms with Gasteiger partial charge in [0.25, 0.3) is 0 Å². The lowest BCUT2D eigenvalue weighted by molar-refractivity contribution is 0.207. The van der Waals surface area contributed by atoms with Crippen molar-refractivity contribution in [2.75, 3.05) is 13.7 Å². The molecule has 2 aromatic rings. The molecule has 0 unspecified atom stereocenters. The molecule has 0 radical (unpaired) electrons. The molecule has 4 rings (SSSR count). The number of methoxy groups -OCH3 is 1. The van der Waals surface area contributed by atoms with Crippen molar-refractivity contribution in [3.05, 3.63) is 65.2 Å². The Balaban J connectivity index is 1.56. The maximum absolute atomic E-state index is 5.57. The summed E-state index contributed by atoms with van der Waals surface area (Å²) in [5, 5.41) is 0. The largest absolute Gasteiger partial charge is 0.496 e. The first-order chi connectivity index (χ1) is 10.8. The Morgan fingerprint density at radius 1 is 1.05 bits per heavy atom. The second-order valence-electron chi connectivity index (χ2n) is 6.58. The van der Waals surface area contributed by atoms with E-state index in [1.165, 1.54) is 42.5 Å². The van der Waals surface area contributed by atoms with Crippen LogP contribution in [0.1, 0.15) is 23.1 Å². The lowest BCUT2D eigenvalue weighted by atomic mass is 9.80. The second kappa shape index (κ2) is 5.77. The van der Waals surface area contributed by atoms with Crippen molar-refractivity contribution in [3.63, 3.8) is 0 Å². The quantitative estimate of drug-likeness (QED) is 0.856. The Morgan fingerprint density at radius 2 is 1.91 bits per heavy atom. The van der Waals surface area contributed by atoms with Crippen molar-refractivity contribution in [1.29, 1.82) is 0 Å². The molecular weight excluding hydrogens is 270 g/mol. The van der Waals surface area contributed by atoms with Gasteiger partial charge < -0.3 is 4.74 Å². The monoisotopic (exact) mass is 293 g/mol. The van der Waals surface area contributed by atoms with Crippen molar-refractivity contribution in [2.24, 2.45) is 5.92 Å². The van der Waals surface area contributed by atoms with Crippen LogP contribution in [0.3, 0.4) is 0 Å². The van der Waals surface area contributed by atoms with Gasteiger partial charge >= 0.3 is 0 Å². The predicted octanol–water partition coefficient (Wildman–Crippen LogP) is 3.68. The van der Waals surface area contributed by atoms with Gasteiger partial charge in [-0.25, -0.2) is 0 Å². The van der Waals surface area contributed by atoms with Crippen molar-refractivity contribution in [2.45, 2.75) is 31.8 Å². The average Bonchev–Trinajstić information content (AvgIpc) is 2.95. The fourth-order valence-electron chi connectivity index (χ4n) is 4.25. The van der Waals surface area contributed by atoms with Crippen LogP contribution in [0.2, 0.25) is 0 Å². The Bertz CT molecular complexity index is 652. The fraction of sp³-hybridized carbons (Fsp3) is 0.400. The number of hydrogen-bond donors (Lipinski definition) is 0. The Labute approximate surface area is 132 Å². The predicted molar refractivity (Wildman–Crippen MR) is 89.1 cm³/mol. The molecule has 1 fully saturated rings. The minimum absolute atomic E-state index is 0.694. The number of rotatable bonds is 3. The minimum atomic E-state index is 0.694. The van der Waals surface area contributed by atoms with Crippen LogP contribution in [0.15, 0.2) is 48.5 Å². The number of benzene rings is 2. The van der Waals surface area contributed by atoms with E-state index in [0.29, 0.717) is 6.04 Å². The van der Waals surface area contributed by atoms with Gasteiger partial charge in [-0.3, -0.25) is 4.90 Å². The molecule has 2 nitrogen and oxygen atoms in total. The van der Waals surface area contributed by atoms with Gasteiger partial charge in [-0.15, -0.1) is 0 Å². The van der Waals surface area contributed by atoms with Gasteiger partial charge in [0, 0.05) is 12.6 Å². The Morgan fingerprint density at radius 3 is 2.73 bits per heavy atom. The second-order valence-corrected chi connectivity index (χ2v) is 6.58. The zero-order valence-corrected chi connectivity index (χ0v) is 13.2. The average molecular weight is 293 g/mol. The zero-order valence-electron chi connectivity index (χ0n) is 13.2. The molecule has 0 aromatic heterocycles. The van der Waals surface area contributed by atoms with Gasteiger partial charge in [-0.1, -0.05) is 42.5 Å². The fourth-order valence-corrected chi connectivity index (χ4v) is 4.25. The van der Waals surface area contributed by atoms with Gasteiger partial charge in [-0.2, -0.15) is 0 Å². The summed E-state index contributed by atoms with van der Waals surface area (Å²) in [6.45, 7) is 2.31. The van der Waals surface area contributed by atoms with Gasteiger partial charge in [0.15, 0.2) is 0 Å². The van der Waals surface area contributed by atoms with Crippen molar-refractivity contribution in [3.8, 4) is 5.75 Å². The molecule has 114 valence electrons. The molecule has 2 atom stereocenters. The summed E-state index contributed by atoms with van der Waals surface area (Å²) in [6, 6.07) is 18.1. The smallest absolute Gasteiger partial charge is 0.122 e. The SMILES string of the molecule is COc1cccc2c1C[C@H]1CCN(Cc3ccccc3)[C@H]1C2. The molecule has 1 saturated heterocycles. The van der Waals surface area contributed by atoms with E-state index in [4.69, 9.17) is 4.74 Å². The summed E-state index contributed by atoms with van der Waals surface area (Å²) in [5.41, 5.74) is 4.37. The molecule has 1 heterocycles. The summed E-state index contributed by atoms with van der Waals surface area (Å²) in [5.74, 6) is 1.87. The van der Waals surface area contributed by atoms with E-state index >= 15 is 0 Å². The van der Waals surface area contributed by atoms with Crippen molar-refractivity contribution in [1.82, 2.24) is 4.90 Å². The van der Waals surface area contributed by atoms with E-state index in [1.54, 1.807) is 7.11 Å². The number of nitrogens with zero attached hydrogens (tertiary/aromatic N) is 1. The van der Waals surface area contributed by atoms with Crippen molar-refractivity contribution >= 4 is 0 Å². The third-order valence-electron chi connectivity index (χ3n) is 5.37. The summed E-state index contributed by atoms with van der Waals surface area (Å²) >= 11 is 0. The first-order valence-electron chi connectivity index (χ1n) is 8.28. The molecule has 0 spiro atoms. The van der Waals surface area contributed by atoms with E-state index in [2.05, 4.69) is 53.4 Å². The van der Waals surface area contributed by atoms with Crippen LogP contribution in [0, 0.1) is 5.92 Å². The minimum Gasteiger partial charge on any atom is -0.496 e. The molecule has 2 aromatic carbocycles. The van der Waals surface area contributed by atoms with Crippen LogP contribution in [-0.2, 0) is 19.4 Å². The van der Waals surface area contributed by atoms with Crippen LogP contribution in [0.4, 0.5) is 0 Å². The van der Waals surface area contributed by atoms with E-state index in [1.807, 2.05) is 0 Å². The first kappa shape index (κ1) is 13.8. The van der Waals surface area contributed by atoms with Crippen LogP contribution in [0.5, 0.6) is 5.75 Å². The van der Waals surface area contributed by atoms with Crippen LogP contribution >= 0.6 is 0 Å². The Kier molecular flexibility index (Phi) is 3.63. The van der Waals surface area contributed by atoms with Crippen LogP contribution in [0.25, 0.3) is 0 Å². The van der Waals surface area contributed by atoms with Crippen LogP contribution in [-0.4, -0.2) is 24.6 Å². The molecule has 2 aliphatic rings. The van der Waals surface area contributed by atoms with Crippen LogP contribution < -0.4 is 4.74 Å². The number of likely N-dealkylation sites (tertiary alicyclic amines) is 1. The summed E-state index contributed by atoms with van der Waals surface area (Å²) in [4.78, 5) is 2.68. The highest BCUT2D eigenvalue weighted by molar-refractivity contribution is 5.43. The normalized spacial score (nSPS) is 23.9. The highest BCUT2D eigenvalue weighted by atomic mass is 16.5. The molecule has 0 bridgehead atoms. The number of hydrogen-bond acceptors (Lipinski definition) is 2. The number of fused-ring (bicyclic) bond motifs is 2. The van der Waals surface area contributed by atoms with E-state index in [9.17, 15) is 0 Å². The number of ether oxygens (including phenoxy) is 1. The highest BCUT2D eigenvalue weighted by Gasteiger charge is 2.38. The third-order valence-corrected chi connectivity index (χ3v) is 5.37. The maximum Gasteiger partial charge on any atom is 0.122 e. The summed E-state index contributed by atoms with van der Waals surface area (Å²) in [7, 11) is 1.79. The molecule has 22 heavy (non-hydrogen) atoms. The van der Waals surface area contributed by atoms with Gasteiger partial charge in [0.2, 0.25) is 0 Å². The van der Waals surface area contributed by atoms with E-state index in [0.717, 1.165) is 18.2 Å². The van der Waals surface area contributed by atoms with Gasteiger partial charge in [0.05, 0.1) is 7.11 Å². The first-order valence-corrected chi connectivity index (χ1v) is 8.28. The summed E-state index contributed by atoms with van der Waals surface area (Å²) in [6.07, 6.45) is 3.66. The standard InChI is InChI=1S/C20H23NO/c1-22-20-9-5-8-16-13-19-17(12-18(16)20)10-11-21(19)14-15-6-3-2-4-7-15/h2-9,17,19H,10-14H2,1H3/t17-,19+/m1/s1. The molecule has 0 N–H and O–H groups in total. The van der Waals surface area contributed by atoms with E-state index in [-0.39, 0.29) is 0 Å². The molecular formula is C20H23NO. The molecule has 2 heteroatoms. The maximum atomic E-state index is 5.57. The lowest BCUT2D eigenvalue weighted by Crippen LogP contribution is -2.37. The lowest BCUT2D eigenvalue weighted by Gasteiger charge is -2.34. The third kappa shape index (κ3) is 2.42. The Hall–Kier alpha value is -1.80. The van der Waals surface area contributed by atoms with Gasteiger partial charge in [-0.05, 0) is 54.5 Å². The summed E-state index contributed by atoms with van der Waals surface area (Å²) < 4.78 is 5.57. The molecule has 0 saturated carbocycles. The molecule has 0 amide bonds. The molecule has 1 aliphatic carbocycles. The van der Waals surface area contributed by atoms with Gasteiger partial charge in [0.1, 0.15) is 5.75 Å². The highest BCUT2D eigenvalue weighted by Crippen LogP contribution is 2.39. The topological polar surface area (TPSA) is 12.5 Å². The molecule has 1 aliphatic heterocycles. The zero-order chi connectivity index (χ0) is 14.9.